The van der Waals surface area contributed by atoms with Gasteiger partial charge in [0.15, 0.2) is 6.10 Å². The molecule has 48 heavy (non-hydrogen) atoms. The van der Waals surface area contributed by atoms with Gasteiger partial charge in [-0.15, -0.1) is 0 Å². The minimum Gasteiger partial charge on any atom is -0.756 e. The number of carbonyl (C=O) groups excluding carboxylic acids is 2. The molecule has 0 fully saturated rings. The Hall–Kier alpha value is 0.0500. The average Bonchev–Trinajstić information content (AvgIpc) is 3.05. The van der Waals surface area contributed by atoms with Gasteiger partial charge in [-0.3, -0.25) is 14.2 Å². The first kappa shape index (κ1) is 50.2. The number of phosphoric acid groups is 1. The molecule has 8 nitrogen and oxygen atoms in total. The van der Waals surface area contributed by atoms with Crippen LogP contribution in [0.1, 0.15) is 207 Å². The number of esters is 2. The van der Waals surface area contributed by atoms with Crippen molar-refractivity contribution in [3.8, 4) is 0 Å². The van der Waals surface area contributed by atoms with Crippen molar-refractivity contribution >= 4 is 19.8 Å². The number of phosphoric ester groups is 1. The van der Waals surface area contributed by atoms with Crippen LogP contribution in [0.2, 0.25) is 0 Å². The smallest absolute Gasteiger partial charge is 0.756 e. The number of rotatable bonds is 37. The largest absolute Gasteiger partial charge is 1.00 e. The maximum absolute atomic E-state index is 12.5. The number of ether oxygens (including phenoxy) is 2. The first-order valence-corrected chi connectivity index (χ1v) is 21.3. The third-order valence-corrected chi connectivity index (χ3v) is 9.53. The van der Waals surface area contributed by atoms with Crippen molar-refractivity contribution in [1.29, 1.82) is 0 Å². The van der Waals surface area contributed by atoms with Crippen molar-refractivity contribution in [1.82, 2.24) is 0 Å². The van der Waals surface area contributed by atoms with E-state index >= 15 is 0 Å². The van der Waals surface area contributed by atoms with Gasteiger partial charge in [-0.25, -0.2) is 0 Å². The SMILES string of the molecule is CCCCCCCCCCCCCCCC(=O)OC[C@H](COP(=O)([O-])OCCC)OC(=O)CCCCCCCCCCCCCCC.[Na+]. The summed E-state index contributed by atoms with van der Waals surface area (Å²) in [5.74, 6) is -0.817. The molecule has 0 heterocycles. The van der Waals surface area contributed by atoms with E-state index in [4.69, 9.17) is 18.5 Å². The van der Waals surface area contributed by atoms with E-state index in [9.17, 15) is 19.0 Å². The zero-order valence-corrected chi connectivity index (χ0v) is 34.8. The summed E-state index contributed by atoms with van der Waals surface area (Å²) in [5.41, 5.74) is 0. The fraction of sp³-hybridized carbons (Fsp3) is 0.947. The molecule has 0 aromatic heterocycles. The topological polar surface area (TPSA) is 111 Å². The van der Waals surface area contributed by atoms with Gasteiger partial charge in [0.05, 0.1) is 13.2 Å². The molecule has 0 radical (unpaired) electrons. The number of carbonyl (C=O) groups is 2. The molecule has 280 valence electrons. The molecule has 0 rings (SSSR count). The Morgan fingerprint density at radius 2 is 0.854 bits per heavy atom. The Balaban J connectivity index is 0. The van der Waals surface area contributed by atoms with E-state index in [1.165, 1.54) is 128 Å². The molecule has 0 aromatic rings. The van der Waals surface area contributed by atoms with Gasteiger partial charge < -0.3 is 23.4 Å². The zero-order valence-electron chi connectivity index (χ0n) is 31.9. The Labute approximate surface area is 318 Å². The molecule has 0 spiro atoms. The molecule has 0 saturated carbocycles. The van der Waals surface area contributed by atoms with Gasteiger partial charge >= 0.3 is 41.5 Å². The summed E-state index contributed by atoms with van der Waals surface area (Å²) >= 11 is 0. The van der Waals surface area contributed by atoms with Crippen LogP contribution in [-0.4, -0.2) is 37.9 Å². The van der Waals surface area contributed by atoms with E-state index < -0.39 is 26.5 Å². The van der Waals surface area contributed by atoms with Crippen LogP contribution in [0.4, 0.5) is 0 Å². The van der Waals surface area contributed by atoms with Crippen molar-refractivity contribution in [2.75, 3.05) is 19.8 Å². The van der Waals surface area contributed by atoms with Crippen LogP contribution in [0.3, 0.4) is 0 Å². The van der Waals surface area contributed by atoms with Gasteiger partial charge in [-0.1, -0.05) is 175 Å². The Bertz CT molecular complexity index is 754. The second kappa shape index (κ2) is 38.3. The summed E-state index contributed by atoms with van der Waals surface area (Å²) in [4.78, 5) is 36.9. The molecule has 0 saturated heterocycles. The molecule has 2 atom stereocenters. The van der Waals surface area contributed by atoms with E-state index in [1.54, 1.807) is 6.92 Å². The van der Waals surface area contributed by atoms with E-state index in [1.807, 2.05) is 0 Å². The quantitative estimate of drug-likeness (QED) is 0.0274. The van der Waals surface area contributed by atoms with Crippen LogP contribution in [-0.2, 0) is 32.7 Å². The van der Waals surface area contributed by atoms with Crippen LogP contribution >= 0.6 is 7.82 Å². The molecule has 0 aromatic carbocycles. The van der Waals surface area contributed by atoms with Crippen LogP contribution in [0.25, 0.3) is 0 Å². The molecule has 1 unspecified atom stereocenters. The first-order valence-electron chi connectivity index (χ1n) is 19.8. The Morgan fingerprint density at radius 3 is 1.23 bits per heavy atom. The average molecular weight is 713 g/mol. The van der Waals surface area contributed by atoms with E-state index in [-0.39, 0.29) is 61.6 Å². The van der Waals surface area contributed by atoms with Gasteiger partial charge in [0.2, 0.25) is 0 Å². The van der Waals surface area contributed by atoms with Crippen molar-refractivity contribution in [3.05, 3.63) is 0 Å². The third-order valence-electron chi connectivity index (χ3n) is 8.57. The molecule has 0 amide bonds. The summed E-state index contributed by atoms with van der Waals surface area (Å²) in [6.45, 7) is 5.61. The Kier molecular flexibility index (Phi) is 40.0. The van der Waals surface area contributed by atoms with Crippen molar-refractivity contribution in [2.45, 2.75) is 213 Å². The van der Waals surface area contributed by atoms with Gasteiger partial charge in [-0.2, -0.15) is 0 Å². The van der Waals surface area contributed by atoms with Crippen LogP contribution in [0.5, 0.6) is 0 Å². The molecular formula is C38H74NaO8P. The first-order chi connectivity index (χ1) is 22.8. The maximum atomic E-state index is 12.5. The van der Waals surface area contributed by atoms with Crippen LogP contribution in [0, 0.1) is 0 Å². The van der Waals surface area contributed by atoms with Crippen molar-refractivity contribution in [3.63, 3.8) is 0 Å². The standard InChI is InChI=1S/C38H75O8P.Na/c1-4-7-9-11-13-15-17-19-21-23-25-27-29-31-37(39)43-34-36(35-45-47(41,42)44-33-6-3)46-38(40)32-30-28-26-24-22-20-18-16-14-12-10-8-5-2;/h36H,4-35H2,1-3H3,(H,41,42);/q;+1/p-1/t36-;/m1./s1. The van der Waals surface area contributed by atoms with Gasteiger partial charge in [0, 0.05) is 12.8 Å². The number of hydrogen-bond donors (Lipinski definition) is 0. The number of hydrogen-bond acceptors (Lipinski definition) is 8. The molecule has 0 aliphatic rings. The zero-order chi connectivity index (χ0) is 34.7. The second-order valence-electron chi connectivity index (χ2n) is 13.4. The summed E-state index contributed by atoms with van der Waals surface area (Å²) < 4.78 is 32.5. The third kappa shape index (κ3) is 37.3. The Morgan fingerprint density at radius 1 is 0.500 bits per heavy atom. The minimum atomic E-state index is -4.53. The van der Waals surface area contributed by atoms with E-state index in [2.05, 4.69) is 13.8 Å². The number of unbranched alkanes of at least 4 members (excludes halogenated alkanes) is 24. The fourth-order valence-corrected chi connectivity index (χ4v) is 6.44. The molecule has 0 aliphatic heterocycles. The molecule has 0 aliphatic carbocycles. The summed E-state index contributed by atoms with van der Waals surface area (Å²) in [7, 11) is -4.53. The van der Waals surface area contributed by atoms with Gasteiger partial charge in [0.25, 0.3) is 7.82 Å². The monoisotopic (exact) mass is 713 g/mol. The molecule has 10 heteroatoms. The van der Waals surface area contributed by atoms with Gasteiger partial charge in [-0.05, 0) is 19.3 Å². The van der Waals surface area contributed by atoms with Crippen LogP contribution < -0.4 is 34.5 Å². The molecule has 0 bridgehead atoms. The van der Waals surface area contributed by atoms with Crippen molar-refractivity contribution < 1.29 is 67.1 Å². The minimum absolute atomic E-state index is 0. The fourth-order valence-electron chi connectivity index (χ4n) is 5.61. The normalized spacial score (nSPS) is 13.1. The molecular weight excluding hydrogens is 638 g/mol. The van der Waals surface area contributed by atoms with Crippen molar-refractivity contribution in [2.24, 2.45) is 0 Å². The van der Waals surface area contributed by atoms with Gasteiger partial charge in [0.1, 0.15) is 6.61 Å². The maximum Gasteiger partial charge on any atom is 1.00 e. The predicted molar refractivity (Wildman–Crippen MR) is 191 cm³/mol. The summed E-state index contributed by atoms with van der Waals surface area (Å²) in [6.07, 6.45) is 31.8. The predicted octanol–water partition coefficient (Wildman–Crippen LogP) is 8.32. The second-order valence-corrected chi connectivity index (χ2v) is 14.8. The van der Waals surface area contributed by atoms with E-state index in [0.717, 1.165) is 32.1 Å². The summed E-state index contributed by atoms with van der Waals surface area (Å²) in [6, 6.07) is 0. The van der Waals surface area contributed by atoms with Crippen LogP contribution in [0.15, 0.2) is 0 Å². The summed E-state index contributed by atoms with van der Waals surface area (Å²) in [5, 5.41) is 0. The molecule has 0 N–H and O–H groups in total. The van der Waals surface area contributed by atoms with E-state index in [0.29, 0.717) is 12.8 Å².